The first kappa shape index (κ1) is 14.6. The maximum absolute atomic E-state index is 11.2. The molecule has 6 N–H and O–H groups in total. The Bertz CT molecular complexity index is 410. The first-order valence-corrected chi connectivity index (χ1v) is 4.30. The van der Waals surface area contributed by atoms with E-state index in [4.69, 9.17) is 20.4 Å². The van der Waals surface area contributed by atoms with Gasteiger partial charge in [-0.1, -0.05) is 0 Å². The molecule has 0 atom stereocenters. The number of nitrogens with zero attached hydrogens (tertiary/aromatic N) is 2. The van der Waals surface area contributed by atoms with Crippen LogP contribution in [0.25, 0.3) is 0 Å². The van der Waals surface area contributed by atoms with Gasteiger partial charge in [-0.05, 0) is 6.07 Å². The van der Waals surface area contributed by atoms with E-state index in [-0.39, 0.29) is 18.7 Å². The number of pyridine rings is 1. The highest BCUT2D eigenvalue weighted by Gasteiger charge is 2.22. The molecule has 94 valence electrons. The van der Waals surface area contributed by atoms with Crippen LogP contribution < -0.4 is 26.6 Å². The summed E-state index contributed by atoms with van der Waals surface area (Å²) in [6.07, 6.45) is 1.50. The summed E-state index contributed by atoms with van der Waals surface area (Å²) in [5.41, 5.74) is 6.67. The molecular formula is C9H14N4O4. The van der Waals surface area contributed by atoms with E-state index < -0.39 is 6.47 Å². The maximum Gasteiger partial charge on any atom is 0.264 e. The minimum absolute atomic E-state index is 0. The Morgan fingerprint density at radius 1 is 1.65 bits per heavy atom. The zero-order chi connectivity index (χ0) is 12.1. The van der Waals surface area contributed by atoms with Gasteiger partial charge in [-0.25, -0.2) is 4.98 Å². The van der Waals surface area contributed by atoms with Gasteiger partial charge in [0, 0.05) is 13.5 Å². The second kappa shape index (κ2) is 6.28. The summed E-state index contributed by atoms with van der Waals surface area (Å²) in [6.45, 7) is -0.458. The molecule has 8 heteroatoms. The number of hydrogen-bond acceptors (Lipinski definition) is 6. The highest BCUT2D eigenvalue weighted by Crippen LogP contribution is 2.29. The Hall–Kier alpha value is -2.35. The van der Waals surface area contributed by atoms with Crippen molar-refractivity contribution in [2.24, 2.45) is 0 Å². The van der Waals surface area contributed by atoms with E-state index in [1.807, 2.05) is 0 Å². The topological polar surface area (TPSA) is 145 Å². The van der Waals surface area contributed by atoms with Gasteiger partial charge in [0.2, 0.25) is 5.88 Å². The number of anilines is 2. The van der Waals surface area contributed by atoms with E-state index in [1.54, 1.807) is 13.1 Å². The van der Waals surface area contributed by atoms with Gasteiger partial charge in [0.05, 0.1) is 11.9 Å². The number of amides is 1. The van der Waals surface area contributed by atoms with E-state index in [1.165, 1.54) is 11.1 Å². The van der Waals surface area contributed by atoms with Crippen molar-refractivity contribution < 1.29 is 19.4 Å². The second-order valence-corrected chi connectivity index (χ2v) is 2.93. The first-order chi connectivity index (χ1) is 7.60. The standard InChI is InChI=1S/C8H9N3O2.CH2O2.H3N/c1-11-6-2-5(9)3-10-8(6)13-4-7(11)12;2-1-3;/h2-3H,4,9H2,1H3;1H,(H,2,3);1H3. The number of likely N-dealkylation sites (N-methyl/N-ethyl adjacent to an activating group) is 1. The summed E-state index contributed by atoms with van der Waals surface area (Å²) < 4.78 is 5.10. The van der Waals surface area contributed by atoms with Crippen LogP contribution in [0.3, 0.4) is 0 Å². The number of fused-ring (bicyclic) bond motifs is 1. The number of carbonyl (C=O) groups is 2. The molecule has 0 aliphatic carbocycles. The van der Waals surface area contributed by atoms with Gasteiger partial charge in [0.15, 0.2) is 6.61 Å². The summed E-state index contributed by atoms with van der Waals surface area (Å²) in [5.74, 6) is 0.358. The van der Waals surface area contributed by atoms with E-state index in [0.717, 1.165) is 0 Å². The van der Waals surface area contributed by atoms with Crippen LogP contribution in [0.1, 0.15) is 0 Å². The molecule has 1 aromatic heterocycles. The third kappa shape index (κ3) is 3.31. The van der Waals surface area contributed by atoms with Crippen molar-refractivity contribution in [1.82, 2.24) is 11.1 Å². The molecule has 2 heterocycles. The zero-order valence-corrected chi connectivity index (χ0v) is 9.54. The molecule has 17 heavy (non-hydrogen) atoms. The number of nitrogens with two attached hydrogens (primary N) is 1. The Balaban J connectivity index is 0.000000583. The minimum atomic E-state index is -0.500. The Kier molecular flexibility index (Phi) is 5.41. The fourth-order valence-corrected chi connectivity index (χ4v) is 1.17. The molecule has 0 aromatic carbocycles. The third-order valence-corrected chi connectivity index (χ3v) is 1.92. The minimum Gasteiger partial charge on any atom is -0.554 e. The lowest BCUT2D eigenvalue weighted by Gasteiger charge is -2.24. The number of rotatable bonds is 0. The van der Waals surface area contributed by atoms with Crippen molar-refractivity contribution in [3.63, 3.8) is 0 Å². The van der Waals surface area contributed by atoms with Crippen LogP contribution in [0.15, 0.2) is 12.3 Å². The number of carboxylic acid groups (broad SMARTS) is 1. The highest BCUT2D eigenvalue weighted by molar-refractivity contribution is 5.97. The first-order valence-electron chi connectivity index (χ1n) is 4.30. The number of aromatic nitrogens is 1. The summed E-state index contributed by atoms with van der Waals surface area (Å²) in [6, 6.07) is 1.67. The van der Waals surface area contributed by atoms with Crippen molar-refractivity contribution in [3.05, 3.63) is 12.3 Å². The summed E-state index contributed by atoms with van der Waals surface area (Å²) in [4.78, 5) is 24.9. The molecule has 1 aliphatic heterocycles. The van der Waals surface area contributed by atoms with Crippen molar-refractivity contribution in [2.45, 2.75) is 0 Å². The van der Waals surface area contributed by atoms with Crippen LogP contribution in [0, 0.1) is 0 Å². The molecular weight excluding hydrogens is 228 g/mol. The van der Waals surface area contributed by atoms with Gasteiger partial charge in [-0.3, -0.25) is 4.79 Å². The number of carbonyl (C=O) groups excluding carboxylic acids is 2. The van der Waals surface area contributed by atoms with Crippen LogP contribution in [0.2, 0.25) is 0 Å². The SMILES string of the molecule is CN1C(=O)COc2ncc(N)cc21.O=C[O-].[NH4+]. The normalized spacial score (nSPS) is 12.3. The van der Waals surface area contributed by atoms with E-state index >= 15 is 0 Å². The van der Waals surface area contributed by atoms with Gasteiger partial charge in [0.1, 0.15) is 5.69 Å². The monoisotopic (exact) mass is 242 g/mol. The Morgan fingerprint density at radius 3 is 2.82 bits per heavy atom. The smallest absolute Gasteiger partial charge is 0.264 e. The lowest BCUT2D eigenvalue weighted by molar-refractivity contribution is -0.283. The zero-order valence-electron chi connectivity index (χ0n) is 9.54. The van der Waals surface area contributed by atoms with Crippen molar-refractivity contribution in [2.75, 3.05) is 24.3 Å². The molecule has 0 bridgehead atoms. The van der Waals surface area contributed by atoms with Gasteiger partial charge < -0.3 is 31.4 Å². The lowest BCUT2D eigenvalue weighted by atomic mass is 10.3. The molecule has 0 saturated heterocycles. The number of ether oxygens (including phenoxy) is 1. The van der Waals surface area contributed by atoms with Crippen molar-refractivity contribution in [1.29, 1.82) is 0 Å². The van der Waals surface area contributed by atoms with E-state index in [0.29, 0.717) is 17.3 Å². The molecule has 0 saturated carbocycles. The van der Waals surface area contributed by atoms with Gasteiger partial charge in [-0.2, -0.15) is 0 Å². The average molecular weight is 242 g/mol. The van der Waals surface area contributed by atoms with Crippen molar-refractivity contribution >= 4 is 23.8 Å². The largest absolute Gasteiger partial charge is 0.554 e. The molecule has 2 rings (SSSR count). The molecule has 0 fully saturated rings. The van der Waals surface area contributed by atoms with Crippen molar-refractivity contribution in [3.8, 4) is 5.88 Å². The number of nitrogen functional groups attached to an aromatic ring is 1. The molecule has 8 nitrogen and oxygen atoms in total. The van der Waals surface area contributed by atoms with Gasteiger partial charge >= 0.3 is 0 Å². The quantitative estimate of drug-likeness (QED) is 0.544. The fraction of sp³-hybridized carbons (Fsp3) is 0.222. The van der Waals surface area contributed by atoms with Crippen LogP contribution in [-0.2, 0) is 9.59 Å². The van der Waals surface area contributed by atoms with Crippen LogP contribution >= 0.6 is 0 Å². The van der Waals surface area contributed by atoms with Crippen LogP contribution in [0.4, 0.5) is 11.4 Å². The molecule has 0 spiro atoms. The summed E-state index contributed by atoms with van der Waals surface area (Å²) >= 11 is 0. The van der Waals surface area contributed by atoms with Gasteiger partial charge in [0.25, 0.3) is 5.91 Å². The van der Waals surface area contributed by atoms with E-state index in [2.05, 4.69) is 4.98 Å². The molecule has 1 aromatic rings. The van der Waals surface area contributed by atoms with Crippen LogP contribution in [0.5, 0.6) is 5.88 Å². The summed E-state index contributed by atoms with van der Waals surface area (Å²) in [7, 11) is 1.67. The van der Waals surface area contributed by atoms with Gasteiger partial charge in [-0.15, -0.1) is 0 Å². The maximum atomic E-state index is 11.2. The van der Waals surface area contributed by atoms with Crippen LogP contribution in [-0.4, -0.2) is 31.0 Å². The van der Waals surface area contributed by atoms with E-state index in [9.17, 15) is 4.79 Å². The Labute approximate surface area is 97.6 Å². The number of hydrogen-bond donors (Lipinski definition) is 2. The summed E-state index contributed by atoms with van der Waals surface area (Å²) in [5, 5.41) is 8.25. The molecule has 1 aliphatic rings. The molecule has 0 unspecified atom stereocenters. The fourth-order valence-electron chi connectivity index (χ4n) is 1.17. The molecule has 1 amide bonds. The predicted molar refractivity (Wildman–Crippen MR) is 59.6 cm³/mol. The second-order valence-electron chi connectivity index (χ2n) is 2.93. The average Bonchev–Trinajstić information content (AvgIpc) is 2.25. The highest BCUT2D eigenvalue weighted by atomic mass is 16.5. The molecule has 0 radical (unpaired) electrons. The Morgan fingerprint density at radius 2 is 2.24 bits per heavy atom. The number of quaternary nitrogens is 1. The predicted octanol–water partition coefficient (Wildman–Crippen LogP) is -1.24. The lowest BCUT2D eigenvalue weighted by Crippen LogP contribution is -2.35. The third-order valence-electron chi connectivity index (χ3n) is 1.92.